The molecule has 4 heteroatoms. The summed E-state index contributed by atoms with van der Waals surface area (Å²) in [4.78, 5) is 8.57. The topological polar surface area (TPSA) is 37.4 Å². The highest BCUT2D eigenvalue weighted by molar-refractivity contribution is 7.80. The van der Waals surface area contributed by atoms with E-state index < -0.39 is 7.92 Å². The summed E-state index contributed by atoms with van der Waals surface area (Å²) in [6, 6.07) is 40.9. The number of benzene rings is 4. The Bertz CT molecular complexity index is 1370. The number of hydrogen-bond donors (Lipinski definition) is 1. The van der Waals surface area contributed by atoms with E-state index in [4.69, 9.17) is 9.73 Å². The van der Waals surface area contributed by atoms with E-state index in [1.807, 2.05) is 0 Å². The first-order chi connectivity index (χ1) is 16.8. The summed E-state index contributed by atoms with van der Waals surface area (Å²) >= 11 is 0. The van der Waals surface area contributed by atoms with Gasteiger partial charge in [0.2, 0.25) is 5.90 Å². The average Bonchev–Trinajstić information content (AvgIpc) is 3.53. The standard InChI is InChI=1S/C30H25N2OP/c1-3-12-25(13-4-1)34(26-14-5-2-6-15-26)29-18-10-8-16-27(29)30-32-24(21-33-30)20-23-19-22-11-7-9-17-28(22)31-23/h1-19,24,31H,20-21H2/t24-/m0/s1. The average molecular weight is 461 g/mol. The molecule has 1 atom stereocenters. The van der Waals surface area contributed by atoms with Gasteiger partial charge in [-0.15, -0.1) is 0 Å². The quantitative estimate of drug-likeness (QED) is 0.343. The molecule has 0 saturated carbocycles. The predicted molar refractivity (Wildman–Crippen MR) is 143 cm³/mol. The number of rotatable bonds is 6. The number of H-pyrrole nitrogens is 1. The van der Waals surface area contributed by atoms with Crippen LogP contribution < -0.4 is 15.9 Å². The molecule has 0 amide bonds. The third kappa shape index (κ3) is 4.16. The molecule has 0 radical (unpaired) electrons. The van der Waals surface area contributed by atoms with Gasteiger partial charge in [0, 0.05) is 23.2 Å². The van der Waals surface area contributed by atoms with Gasteiger partial charge in [-0.3, -0.25) is 0 Å². The smallest absolute Gasteiger partial charge is 0.217 e. The maximum atomic E-state index is 6.21. The summed E-state index contributed by atoms with van der Waals surface area (Å²) in [6.45, 7) is 0.605. The van der Waals surface area contributed by atoms with E-state index in [1.54, 1.807) is 0 Å². The number of aromatic amines is 1. The first-order valence-corrected chi connectivity index (χ1v) is 13.0. The van der Waals surface area contributed by atoms with E-state index in [0.29, 0.717) is 6.61 Å². The van der Waals surface area contributed by atoms with Crippen LogP contribution in [0.25, 0.3) is 10.9 Å². The Morgan fingerprint density at radius 2 is 1.41 bits per heavy atom. The molecule has 5 aromatic rings. The van der Waals surface area contributed by atoms with Crippen LogP contribution in [-0.4, -0.2) is 23.5 Å². The minimum Gasteiger partial charge on any atom is -0.475 e. The Morgan fingerprint density at radius 3 is 2.15 bits per heavy atom. The molecule has 1 aliphatic heterocycles. The van der Waals surface area contributed by atoms with Crippen molar-refractivity contribution in [1.29, 1.82) is 0 Å². The van der Waals surface area contributed by atoms with Crippen LogP contribution in [-0.2, 0) is 11.2 Å². The van der Waals surface area contributed by atoms with Crippen LogP contribution in [0.3, 0.4) is 0 Å². The largest absolute Gasteiger partial charge is 0.475 e. The number of aliphatic imine (C=N–C) groups is 1. The van der Waals surface area contributed by atoms with Crippen molar-refractivity contribution >= 4 is 40.6 Å². The number of nitrogens with one attached hydrogen (secondary N) is 1. The molecule has 0 fully saturated rings. The molecule has 2 heterocycles. The zero-order valence-corrected chi connectivity index (χ0v) is 19.7. The summed E-state index contributed by atoms with van der Waals surface area (Å²) in [5.41, 5.74) is 3.46. The summed E-state index contributed by atoms with van der Waals surface area (Å²) < 4.78 is 6.21. The molecule has 1 aromatic heterocycles. The number of aromatic nitrogens is 1. The maximum absolute atomic E-state index is 6.21. The van der Waals surface area contributed by atoms with Crippen molar-refractivity contribution in [3.63, 3.8) is 0 Å². The number of fused-ring (bicyclic) bond motifs is 1. The second-order valence-electron chi connectivity index (χ2n) is 8.51. The lowest BCUT2D eigenvalue weighted by atomic mass is 10.1. The molecule has 1 aliphatic rings. The fourth-order valence-electron chi connectivity index (χ4n) is 4.60. The second kappa shape index (κ2) is 9.29. The van der Waals surface area contributed by atoms with Crippen LogP contribution in [0.5, 0.6) is 0 Å². The van der Waals surface area contributed by atoms with Gasteiger partial charge in [0.15, 0.2) is 0 Å². The van der Waals surface area contributed by atoms with Gasteiger partial charge in [0.05, 0.1) is 6.04 Å². The van der Waals surface area contributed by atoms with Crippen molar-refractivity contribution in [3.05, 3.63) is 127 Å². The zero-order valence-electron chi connectivity index (χ0n) is 18.8. The SMILES string of the molecule is c1ccc(P(c2ccccc2)c2ccccc2C2=N[C@@H](Cc3cc4ccccc4[nH]3)CO2)cc1. The lowest BCUT2D eigenvalue weighted by molar-refractivity contribution is 0.316. The van der Waals surface area contributed by atoms with Gasteiger partial charge >= 0.3 is 0 Å². The van der Waals surface area contributed by atoms with E-state index in [2.05, 4.69) is 120 Å². The van der Waals surface area contributed by atoms with Crippen LogP contribution in [0.4, 0.5) is 0 Å². The number of hydrogen-bond acceptors (Lipinski definition) is 2. The number of nitrogens with zero attached hydrogens (tertiary/aromatic N) is 1. The van der Waals surface area contributed by atoms with E-state index in [9.17, 15) is 0 Å². The Morgan fingerprint density at radius 1 is 0.765 bits per heavy atom. The molecule has 0 saturated heterocycles. The molecule has 4 aromatic carbocycles. The summed E-state index contributed by atoms with van der Waals surface area (Å²) in [5, 5.41) is 5.16. The Balaban J connectivity index is 1.35. The number of para-hydroxylation sites is 1. The van der Waals surface area contributed by atoms with Crippen molar-refractivity contribution in [2.24, 2.45) is 4.99 Å². The maximum Gasteiger partial charge on any atom is 0.217 e. The molecule has 3 nitrogen and oxygen atoms in total. The lowest BCUT2D eigenvalue weighted by Crippen LogP contribution is -2.25. The van der Waals surface area contributed by atoms with Gasteiger partial charge in [-0.2, -0.15) is 0 Å². The van der Waals surface area contributed by atoms with Crippen LogP contribution in [0.15, 0.2) is 120 Å². The first-order valence-electron chi connectivity index (χ1n) is 11.6. The molecular weight excluding hydrogens is 435 g/mol. The van der Waals surface area contributed by atoms with E-state index in [1.165, 1.54) is 32.5 Å². The van der Waals surface area contributed by atoms with Crippen molar-refractivity contribution in [2.75, 3.05) is 6.61 Å². The van der Waals surface area contributed by atoms with E-state index in [-0.39, 0.29) is 6.04 Å². The highest BCUT2D eigenvalue weighted by Crippen LogP contribution is 2.34. The minimum absolute atomic E-state index is 0.107. The van der Waals surface area contributed by atoms with Gasteiger partial charge < -0.3 is 9.72 Å². The summed E-state index contributed by atoms with van der Waals surface area (Å²) in [7, 11) is -0.726. The van der Waals surface area contributed by atoms with Gasteiger partial charge in [-0.05, 0) is 47.4 Å². The molecule has 34 heavy (non-hydrogen) atoms. The van der Waals surface area contributed by atoms with Crippen LogP contribution in [0.1, 0.15) is 11.3 Å². The Kier molecular flexibility index (Phi) is 5.71. The normalized spacial score (nSPS) is 15.4. The van der Waals surface area contributed by atoms with Crippen molar-refractivity contribution in [2.45, 2.75) is 12.5 Å². The highest BCUT2D eigenvalue weighted by Gasteiger charge is 2.26. The van der Waals surface area contributed by atoms with Crippen LogP contribution in [0, 0.1) is 0 Å². The fraction of sp³-hybridized carbons (Fsp3) is 0.100. The van der Waals surface area contributed by atoms with Gasteiger partial charge in [-0.1, -0.05) is 97.1 Å². The molecule has 6 rings (SSSR count). The van der Waals surface area contributed by atoms with Crippen molar-refractivity contribution < 1.29 is 4.74 Å². The number of ether oxygens (including phenoxy) is 1. The fourth-order valence-corrected chi connectivity index (χ4v) is 7.04. The van der Waals surface area contributed by atoms with Crippen molar-refractivity contribution in [3.8, 4) is 0 Å². The Labute approximate surface area is 200 Å². The van der Waals surface area contributed by atoms with Crippen molar-refractivity contribution in [1.82, 2.24) is 4.98 Å². The third-order valence-corrected chi connectivity index (χ3v) is 8.66. The van der Waals surface area contributed by atoms with Gasteiger partial charge in [0.25, 0.3) is 0 Å². The molecule has 0 spiro atoms. The third-order valence-electron chi connectivity index (χ3n) is 6.16. The van der Waals surface area contributed by atoms with Crippen LogP contribution in [0.2, 0.25) is 0 Å². The molecule has 1 N–H and O–H groups in total. The molecule has 0 unspecified atom stereocenters. The predicted octanol–water partition coefficient (Wildman–Crippen LogP) is 5.31. The first kappa shape index (κ1) is 20.9. The lowest BCUT2D eigenvalue weighted by Gasteiger charge is -2.22. The van der Waals surface area contributed by atoms with Crippen LogP contribution >= 0.6 is 7.92 Å². The highest BCUT2D eigenvalue weighted by atomic mass is 31.1. The van der Waals surface area contributed by atoms with Gasteiger partial charge in [-0.25, -0.2) is 4.99 Å². The van der Waals surface area contributed by atoms with Gasteiger partial charge in [0.1, 0.15) is 6.61 Å². The van der Waals surface area contributed by atoms with E-state index >= 15 is 0 Å². The molecule has 166 valence electrons. The molecular formula is C30H25N2OP. The summed E-state index contributed by atoms with van der Waals surface area (Å²) in [5.74, 6) is 0.760. The minimum atomic E-state index is -0.726. The zero-order chi connectivity index (χ0) is 22.7. The summed E-state index contributed by atoms with van der Waals surface area (Å²) in [6.07, 6.45) is 0.840. The molecule has 0 bridgehead atoms. The monoisotopic (exact) mass is 460 g/mol. The molecule has 0 aliphatic carbocycles. The Hall–Kier alpha value is -3.68. The van der Waals surface area contributed by atoms with E-state index in [0.717, 1.165) is 17.9 Å². The second-order valence-corrected chi connectivity index (χ2v) is 10.7.